The molecule has 0 aliphatic heterocycles. The number of aromatic amines is 1. The first-order chi connectivity index (χ1) is 11.7. The summed E-state index contributed by atoms with van der Waals surface area (Å²) >= 11 is 1.35. The number of hydrogen-bond donors (Lipinski definition) is 1. The van der Waals surface area contributed by atoms with E-state index in [2.05, 4.69) is 9.97 Å². The summed E-state index contributed by atoms with van der Waals surface area (Å²) in [4.78, 5) is 19.1. The highest BCUT2D eigenvalue weighted by Crippen LogP contribution is 2.24. The average Bonchev–Trinajstić information content (AvgIpc) is 2.60. The van der Waals surface area contributed by atoms with Crippen molar-refractivity contribution >= 4 is 11.8 Å². The highest BCUT2D eigenvalue weighted by Gasteiger charge is 2.14. The van der Waals surface area contributed by atoms with Crippen LogP contribution in [0.2, 0.25) is 0 Å². The maximum Gasteiger partial charge on any atom is 0.270 e. The van der Waals surface area contributed by atoms with Crippen molar-refractivity contribution in [1.82, 2.24) is 9.97 Å². The number of nitriles is 1. The highest BCUT2D eigenvalue weighted by molar-refractivity contribution is 7.98. The number of hydrogen-bond acceptors (Lipinski definition) is 4. The lowest BCUT2D eigenvalue weighted by molar-refractivity contribution is 0.628. The second-order valence-corrected chi connectivity index (χ2v) is 5.96. The first kappa shape index (κ1) is 16.0. The third-order valence-corrected chi connectivity index (χ3v) is 4.27. The SMILES string of the molecule is N#Cc1c(-c2cccc(F)c2)nc(SCc2ccccc2)[nH]c1=O. The van der Waals surface area contributed by atoms with Gasteiger partial charge in [0.2, 0.25) is 0 Å². The van der Waals surface area contributed by atoms with E-state index in [9.17, 15) is 14.4 Å². The molecule has 0 atom stereocenters. The van der Waals surface area contributed by atoms with Gasteiger partial charge in [-0.15, -0.1) is 0 Å². The summed E-state index contributed by atoms with van der Waals surface area (Å²) in [7, 11) is 0. The second kappa shape index (κ2) is 7.11. The van der Waals surface area contributed by atoms with Gasteiger partial charge < -0.3 is 4.98 Å². The molecule has 0 saturated heterocycles. The molecule has 0 aliphatic carbocycles. The molecule has 0 spiro atoms. The van der Waals surface area contributed by atoms with Gasteiger partial charge in [0.15, 0.2) is 5.16 Å². The molecule has 2 aromatic carbocycles. The maximum atomic E-state index is 13.5. The van der Waals surface area contributed by atoms with E-state index in [0.717, 1.165) is 5.56 Å². The molecular formula is C18H12FN3OS. The predicted molar refractivity (Wildman–Crippen MR) is 91.0 cm³/mol. The Kier molecular flexibility index (Phi) is 4.73. The van der Waals surface area contributed by atoms with Crippen LogP contribution in [0.3, 0.4) is 0 Å². The third kappa shape index (κ3) is 3.53. The van der Waals surface area contributed by atoms with Crippen LogP contribution in [-0.2, 0) is 5.75 Å². The number of aromatic nitrogens is 2. The fraction of sp³-hybridized carbons (Fsp3) is 0.0556. The monoisotopic (exact) mass is 337 g/mol. The van der Waals surface area contributed by atoms with Crippen molar-refractivity contribution in [3.05, 3.63) is 81.9 Å². The van der Waals surface area contributed by atoms with E-state index >= 15 is 0 Å². The Balaban J connectivity index is 1.98. The van der Waals surface area contributed by atoms with Gasteiger partial charge in [0, 0.05) is 11.3 Å². The van der Waals surface area contributed by atoms with E-state index in [1.807, 2.05) is 36.4 Å². The molecule has 24 heavy (non-hydrogen) atoms. The zero-order valence-electron chi connectivity index (χ0n) is 12.5. The van der Waals surface area contributed by atoms with Gasteiger partial charge in [-0.05, 0) is 17.7 Å². The molecule has 0 aliphatic rings. The standard InChI is InChI=1S/C18H12FN3OS/c19-14-8-4-7-13(9-14)16-15(10-20)17(23)22-18(21-16)24-11-12-5-2-1-3-6-12/h1-9H,11H2,(H,21,22,23). The molecule has 0 saturated carbocycles. The molecule has 1 N–H and O–H groups in total. The van der Waals surface area contributed by atoms with Gasteiger partial charge in [-0.25, -0.2) is 9.37 Å². The Bertz CT molecular complexity index is 964. The largest absolute Gasteiger partial charge is 0.300 e. The minimum atomic E-state index is -0.526. The lowest BCUT2D eigenvalue weighted by Crippen LogP contribution is -2.14. The minimum absolute atomic E-state index is 0.121. The number of thioether (sulfide) groups is 1. The fourth-order valence-corrected chi connectivity index (χ4v) is 3.01. The van der Waals surface area contributed by atoms with Crippen LogP contribution < -0.4 is 5.56 Å². The molecule has 3 aromatic rings. The molecule has 118 valence electrons. The van der Waals surface area contributed by atoms with E-state index in [4.69, 9.17) is 0 Å². The Morgan fingerprint density at radius 3 is 2.67 bits per heavy atom. The maximum absolute atomic E-state index is 13.5. The molecule has 1 heterocycles. The van der Waals surface area contributed by atoms with Crippen LogP contribution in [0.25, 0.3) is 11.3 Å². The van der Waals surface area contributed by atoms with Gasteiger partial charge in [-0.3, -0.25) is 4.79 Å². The summed E-state index contributed by atoms with van der Waals surface area (Å²) in [6, 6.07) is 17.3. The first-order valence-corrected chi connectivity index (χ1v) is 8.13. The summed E-state index contributed by atoms with van der Waals surface area (Å²) in [5.41, 5.74) is 1.03. The van der Waals surface area contributed by atoms with Crippen LogP contribution in [-0.4, -0.2) is 9.97 Å². The number of rotatable bonds is 4. The zero-order chi connectivity index (χ0) is 16.9. The molecule has 0 amide bonds. The van der Waals surface area contributed by atoms with Crippen LogP contribution >= 0.6 is 11.8 Å². The van der Waals surface area contributed by atoms with Crippen molar-refractivity contribution < 1.29 is 4.39 Å². The van der Waals surface area contributed by atoms with Gasteiger partial charge in [-0.2, -0.15) is 5.26 Å². The molecule has 0 unspecified atom stereocenters. The van der Waals surface area contributed by atoms with Crippen molar-refractivity contribution in [2.24, 2.45) is 0 Å². The molecule has 3 rings (SSSR count). The lowest BCUT2D eigenvalue weighted by Gasteiger charge is -2.07. The molecular weight excluding hydrogens is 325 g/mol. The van der Waals surface area contributed by atoms with Crippen molar-refractivity contribution in [2.75, 3.05) is 0 Å². The molecule has 4 nitrogen and oxygen atoms in total. The van der Waals surface area contributed by atoms with Gasteiger partial charge in [0.1, 0.15) is 17.4 Å². The number of nitrogens with zero attached hydrogens (tertiary/aromatic N) is 2. The number of halogens is 1. The van der Waals surface area contributed by atoms with Crippen LogP contribution in [0.5, 0.6) is 0 Å². The molecule has 0 fully saturated rings. The fourth-order valence-electron chi connectivity index (χ4n) is 2.20. The summed E-state index contributed by atoms with van der Waals surface area (Å²) in [6.45, 7) is 0. The smallest absolute Gasteiger partial charge is 0.270 e. The van der Waals surface area contributed by atoms with Crippen molar-refractivity contribution in [3.63, 3.8) is 0 Å². The summed E-state index contributed by atoms with van der Waals surface area (Å²) < 4.78 is 13.5. The summed E-state index contributed by atoms with van der Waals surface area (Å²) in [5, 5.41) is 9.61. The quantitative estimate of drug-likeness (QED) is 0.581. The summed E-state index contributed by atoms with van der Waals surface area (Å²) in [5.74, 6) is 0.176. The lowest BCUT2D eigenvalue weighted by atomic mass is 10.1. The topological polar surface area (TPSA) is 69.5 Å². The normalized spacial score (nSPS) is 10.3. The molecule has 1 aromatic heterocycles. The Morgan fingerprint density at radius 1 is 1.17 bits per heavy atom. The van der Waals surface area contributed by atoms with Crippen LogP contribution in [0, 0.1) is 17.1 Å². The Hall–Kier alpha value is -2.91. The first-order valence-electron chi connectivity index (χ1n) is 7.14. The zero-order valence-corrected chi connectivity index (χ0v) is 13.3. The number of benzene rings is 2. The van der Waals surface area contributed by atoms with Gasteiger partial charge >= 0.3 is 0 Å². The van der Waals surface area contributed by atoms with Crippen LogP contribution in [0.1, 0.15) is 11.1 Å². The average molecular weight is 337 g/mol. The number of nitrogens with one attached hydrogen (secondary N) is 1. The number of H-pyrrole nitrogens is 1. The van der Waals surface area contributed by atoms with Crippen LogP contribution in [0.15, 0.2) is 64.5 Å². The Labute approximate surface area is 142 Å². The molecule has 6 heteroatoms. The minimum Gasteiger partial charge on any atom is -0.300 e. The van der Waals surface area contributed by atoms with Crippen LogP contribution in [0.4, 0.5) is 4.39 Å². The second-order valence-electron chi connectivity index (χ2n) is 4.99. The van der Waals surface area contributed by atoms with Gasteiger partial charge in [0.25, 0.3) is 5.56 Å². The molecule has 0 bridgehead atoms. The van der Waals surface area contributed by atoms with Crippen molar-refractivity contribution in [3.8, 4) is 17.3 Å². The van der Waals surface area contributed by atoms with Crippen molar-refractivity contribution in [1.29, 1.82) is 5.26 Å². The van der Waals surface area contributed by atoms with E-state index in [0.29, 0.717) is 16.5 Å². The summed E-state index contributed by atoms with van der Waals surface area (Å²) in [6.07, 6.45) is 0. The van der Waals surface area contributed by atoms with Crippen molar-refractivity contribution in [2.45, 2.75) is 10.9 Å². The van der Waals surface area contributed by atoms with E-state index < -0.39 is 11.4 Å². The van der Waals surface area contributed by atoms with E-state index in [1.54, 1.807) is 6.07 Å². The third-order valence-electron chi connectivity index (χ3n) is 3.33. The van der Waals surface area contributed by atoms with Gasteiger partial charge in [0.05, 0.1) is 5.69 Å². The molecule has 0 radical (unpaired) electrons. The van der Waals surface area contributed by atoms with Gasteiger partial charge in [-0.1, -0.05) is 54.2 Å². The van der Waals surface area contributed by atoms with E-state index in [-0.39, 0.29) is 11.3 Å². The highest BCUT2D eigenvalue weighted by atomic mass is 32.2. The van der Waals surface area contributed by atoms with E-state index in [1.165, 1.54) is 30.0 Å². The Morgan fingerprint density at radius 2 is 1.96 bits per heavy atom. The predicted octanol–water partition coefficient (Wildman–Crippen LogP) is 3.74.